The Balaban J connectivity index is 1.55. The molecule has 1 amide bonds. The van der Waals surface area contributed by atoms with Crippen LogP contribution in [-0.4, -0.2) is 47.7 Å². The van der Waals surface area contributed by atoms with Crippen LogP contribution >= 0.6 is 11.3 Å². The number of hydrogen-bond donors (Lipinski definition) is 2. The van der Waals surface area contributed by atoms with Crippen molar-refractivity contribution in [2.24, 2.45) is 0 Å². The van der Waals surface area contributed by atoms with Gasteiger partial charge in [-0.05, 0) is 31.4 Å². The maximum absolute atomic E-state index is 12.2. The first-order chi connectivity index (χ1) is 9.76. The number of nitrogens with zero attached hydrogens (tertiary/aromatic N) is 1. The lowest BCUT2D eigenvalue weighted by atomic mass is 10.2. The van der Waals surface area contributed by atoms with E-state index in [4.69, 9.17) is 5.11 Å². The highest BCUT2D eigenvalue weighted by molar-refractivity contribution is 7.14. The first kappa shape index (κ1) is 13.6. The number of aliphatic hydroxyl groups is 1. The molecule has 1 aliphatic carbocycles. The fourth-order valence-corrected chi connectivity index (χ4v) is 3.37. The third kappa shape index (κ3) is 3.21. The average Bonchev–Trinajstić information content (AvgIpc) is 3.01. The van der Waals surface area contributed by atoms with E-state index in [9.17, 15) is 4.79 Å². The van der Waals surface area contributed by atoms with Crippen LogP contribution in [0, 0.1) is 11.8 Å². The molecule has 3 rings (SSSR count). The second-order valence-electron chi connectivity index (χ2n) is 5.31. The van der Waals surface area contributed by atoms with Crippen LogP contribution < -0.4 is 5.32 Å². The minimum absolute atomic E-state index is 0.00491. The fraction of sp³-hybridized carbons (Fsp3) is 0.533. The zero-order valence-electron chi connectivity index (χ0n) is 11.3. The van der Waals surface area contributed by atoms with Crippen LogP contribution in [0.1, 0.15) is 33.8 Å². The van der Waals surface area contributed by atoms with Gasteiger partial charge in [0.1, 0.15) is 6.61 Å². The van der Waals surface area contributed by atoms with Crippen LogP contribution in [0.15, 0.2) is 12.1 Å². The van der Waals surface area contributed by atoms with Gasteiger partial charge >= 0.3 is 0 Å². The van der Waals surface area contributed by atoms with Crippen LogP contribution in [0.3, 0.4) is 0 Å². The Morgan fingerprint density at radius 1 is 1.45 bits per heavy atom. The van der Waals surface area contributed by atoms with E-state index in [0.717, 1.165) is 30.4 Å². The van der Waals surface area contributed by atoms with Crippen molar-refractivity contribution >= 4 is 17.2 Å². The topological polar surface area (TPSA) is 52.6 Å². The summed E-state index contributed by atoms with van der Waals surface area (Å²) in [5, 5.41) is 11.8. The molecule has 2 fully saturated rings. The van der Waals surface area contributed by atoms with Crippen molar-refractivity contribution in [3.05, 3.63) is 21.9 Å². The number of hydrogen-bond acceptors (Lipinski definition) is 4. The summed E-state index contributed by atoms with van der Waals surface area (Å²) in [5.41, 5.74) is 0. The summed E-state index contributed by atoms with van der Waals surface area (Å²) in [6.45, 7) is 1.94. The molecular formula is C15H18N2O2S. The van der Waals surface area contributed by atoms with Crippen molar-refractivity contribution in [2.45, 2.75) is 31.3 Å². The molecule has 2 aliphatic rings. The first-order valence-corrected chi connectivity index (χ1v) is 7.82. The molecule has 2 N–H and O–H groups in total. The Labute approximate surface area is 122 Å². The average molecular weight is 290 g/mol. The van der Waals surface area contributed by atoms with Crippen LogP contribution in [0.5, 0.6) is 0 Å². The third-order valence-corrected chi connectivity index (χ3v) is 4.74. The van der Waals surface area contributed by atoms with Crippen LogP contribution in [-0.2, 0) is 0 Å². The summed E-state index contributed by atoms with van der Waals surface area (Å²) in [5.74, 6) is 5.41. The molecule has 1 aromatic rings. The number of rotatable bonds is 3. The van der Waals surface area contributed by atoms with Crippen molar-refractivity contribution in [3.8, 4) is 11.8 Å². The lowest BCUT2D eigenvalue weighted by Gasteiger charge is -2.15. The summed E-state index contributed by atoms with van der Waals surface area (Å²) in [6, 6.07) is 4.68. The molecular weight excluding hydrogens is 272 g/mol. The largest absolute Gasteiger partial charge is 0.384 e. The number of thiophene rings is 1. The number of nitrogens with one attached hydrogen (secondary N) is 1. The van der Waals surface area contributed by atoms with Gasteiger partial charge in [0.15, 0.2) is 0 Å². The molecule has 20 heavy (non-hydrogen) atoms. The van der Waals surface area contributed by atoms with Gasteiger partial charge in [-0.15, -0.1) is 11.3 Å². The highest BCUT2D eigenvalue weighted by atomic mass is 32.1. The molecule has 0 spiro atoms. The van der Waals surface area contributed by atoms with Gasteiger partial charge in [-0.2, -0.15) is 0 Å². The van der Waals surface area contributed by atoms with Gasteiger partial charge in [0.2, 0.25) is 0 Å². The van der Waals surface area contributed by atoms with Crippen LogP contribution in [0.2, 0.25) is 0 Å². The first-order valence-electron chi connectivity index (χ1n) is 7.01. The highest BCUT2D eigenvalue weighted by Crippen LogP contribution is 2.29. The summed E-state index contributed by atoms with van der Waals surface area (Å²) >= 11 is 1.37. The molecule has 1 aromatic heterocycles. The van der Waals surface area contributed by atoms with E-state index in [0.29, 0.717) is 4.88 Å². The number of amides is 1. The Morgan fingerprint density at radius 2 is 2.30 bits per heavy atom. The zero-order valence-corrected chi connectivity index (χ0v) is 12.1. The van der Waals surface area contributed by atoms with Gasteiger partial charge in [-0.3, -0.25) is 9.69 Å². The van der Waals surface area contributed by atoms with Crippen molar-refractivity contribution in [1.82, 2.24) is 10.2 Å². The van der Waals surface area contributed by atoms with Crippen molar-refractivity contribution in [1.29, 1.82) is 0 Å². The second-order valence-corrected chi connectivity index (χ2v) is 6.39. The van der Waals surface area contributed by atoms with Gasteiger partial charge in [0, 0.05) is 25.2 Å². The number of likely N-dealkylation sites (tertiary alicyclic amines) is 1. The molecule has 0 radical (unpaired) electrons. The van der Waals surface area contributed by atoms with Crippen molar-refractivity contribution < 1.29 is 9.90 Å². The normalized spacial score (nSPS) is 22.4. The molecule has 1 saturated heterocycles. The van der Waals surface area contributed by atoms with E-state index >= 15 is 0 Å². The predicted molar refractivity (Wildman–Crippen MR) is 78.7 cm³/mol. The Kier molecular flexibility index (Phi) is 4.06. The van der Waals surface area contributed by atoms with Gasteiger partial charge < -0.3 is 10.4 Å². The minimum atomic E-state index is -0.154. The zero-order chi connectivity index (χ0) is 13.9. The van der Waals surface area contributed by atoms with E-state index < -0.39 is 0 Å². The third-order valence-electron chi connectivity index (χ3n) is 3.74. The minimum Gasteiger partial charge on any atom is -0.384 e. The van der Waals surface area contributed by atoms with E-state index in [-0.39, 0.29) is 18.6 Å². The van der Waals surface area contributed by atoms with Gasteiger partial charge in [-0.1, -0.05) is 11.8 Å². The van der Waals surface area contributed by atoms with Gasteiger partial charge in [0.25, 0.3) is 5.91 Å². The molecule has 106 valence electrons. The van der Waals surface area contributed by atoms with Crippen molar-refractivity contribution in [3.63, 3.8) is 0 Å². The molecule has 4 nitrogen and oxygen atoms in total. The maximum atomic E-state index is 12.2. The van der Waals surface area contributed by atoms with Gasteiger partial charge in [-0.25, -0.2) is 0 Å². The molecule has 5 heteroatoms. The monoisotopic (exact) mass is 290 g/mol. The molecule has 1 unspecified atom stereocenters. The van der Waals surface area contributed by atoms with Crippen LogP contribution in [0.25, 0.3) is 0 Å². The van der Waals surface area contributed by atoms with E-state index in [2.05, 4.69) is 22.1 Å². The summed E-state index contributed by atoms with van der Waals surface area (Å²) in [4.78, 5) is 16.2. The summed E-state index contributed by atoms with van der Waals surface area (Å²) < 4.78 is 0. The molecule has 1 saturated carbocycles. The lowest BCUT2D eigenvalue weighted by molar-refractivity contribution is 0.0941. The SMILES string of the molecule is O=C(NC1CCN(C2CC2)C1)c1ccc(C#CCO)s1. The molecule has 1 aliphatic heterocycles. The Bertz CT molecular complexity index is 554. The summed E-state index contributed by atoms with van der Waals surface area (Å²) in [7, 11) is 0. The molecule has 2 heterocycles. The highest BCUT2D eigenvalue weighted by Gasteiger charge is 2.34. The lowest BCUT2D eigenvalue weighted by Crippen LogP contribution is -2.37. The quantitative estimate of drug-likeness (QED) is 0.819. The molecule has 0 bridgehead atoms. The molecule has 1 atom stereocenters. The van der Waals surface area contributed by atoms with E-state index in [1.807, 2.05) is 6.07 Å². The van der Waals surface area contributed by atoms with Crippen LogP contribution in [0.4, 0.5) is 0 Å². The second kappa shape index (κ2) is 5.96. The van der Waals surface area contributed by atoms with Gasteiger partial charge in [0.05, 0.1) is 9.75 Å². The predicted octanol–water partition coefficient (Wildman–Crippen LogP) is 1.06. The van der Waals surface area contributed by atoms with E-state index in [1.165, 1.54) is 24.2 Å². The van der Waals surface area contributed by atoms with Crippen molar-refractivity contribution in [2.75, 3.05) is 19.7 Å². The maximum Gasteiger partial charge on any atom is 0.261 e. The fourth-order valence-electron chi connectivity index (χ4n) is 2.59. The Morgan fingerprint density at radius 3 is 3.05 bits per heavy atom. The number of carbonyl (C=O) groups excluding carboxylic acids is 1. The number of aliphatic hydroxyl groups excluding tert-OH is 1. The number of carbonyl (C=O) groups is 1. The molecule has 0 aromatic carbocycles. The van der Waals surface area contributed by atoms with E-state index in [1.54, 1.807) is 6.07 Å². The smallest absolute Gasteiger partial charge is 0.261 e. The standard InChI is InChI=1S/C15H18N2O2S/c18-9-1-2-13-5-6-14(20-13)15(19)16-11-7-8-17(10-11)12-3-4-12/h5-6,11-12,18H,3-4,7-10H2,(H,16,19). The summed E-state index contributed by atoms with van der Waals surface area (Å²) in [6.07, 6.45) is 3.68. The Hall–Kier alpha value is -1.35.